The minimum Gasteiger partial charge on any atom is -0.409 e. The summed E-state index contributed by atoms with van der Waals surface area (Å²) < 4.78 is 0. The van der Waals surface area contributed by atoms with Gasteiger partial charge in [-0.1, -0.05) is 5.16 Å². The third-order valence-electron chi connectivity index (χ3n) is 4.49. The molecule has 1 atom stereocenters. The number of oxime groups is 1. The zero-order valence-electron chi connectivity index (χ0n) is 12.5. The Labute approximate surface area is 125 Å². The van der Waals surface area contributed by atoms with Gasteiger partial charge in [-0.05, 0) is 51.4 Å². The number of likely N-dealkylation sites (tertiary alicyclic amines) is 1. The molecule has 2 saturated heterocycles. The van der Waals surface area contributed by atoms with Gasteiger partial charge >= 0.3 is 0 Å². The highest BCUT2D eigenvalue weighted by Crippen LogP contribution is 2.25. The lowest BCUT2D eigenvalue weighted by atomic mass is 10.2. The molecule has 1 aromatic heterocycles. The SMILES string of the molecule is Cc1cc(/C(N)=N/O)cc(N2CCC(N3CCCC3)C2)n1. The van der Waals surface area contributed by atoms with Gasteiger partial charge in [-0.25, -0.2) is 4.98 Å². The first-order valence-electron chi connectivity index (χ1n) is 7.63. The summed E-state index contributed by atoms with van der Waals surface area (Å²) in [6.45, 7) is 6.44. The lowest BCUT2D eigenvalue weighted by Gasteiger charge is -2.24. The molecular formula is C15H23N5O. The van der Waals surface area contributed by atoms with Crippen molar-refractivity contribution in [3.63, 3.8) is 0 Å². The minimum atomic E-state index is 0.136. The van der Waals surface area contributed by atoms with Crippen molar-refractivity contribution in [1.82, 2.24) is 9.88 Å². The average molecular weight is 289 g/mol. The molecule has 0 radical (unpaired) electrons. The topological polar surface area (TPSA) is 78.0 Å². The highest BCUT2D eigenvalue weighted by Gasteiger charge is 2.30. The zero-order chi connectivity index (χ0) is 14.8. The number of anilines is 1. The Hall–Kier alpha value is -1.82. The monoisotopic (exact) mass is 289 g/mol. The standard InChI is InChI=1S/C15H23N5O/c1-11-8-12(15(16)18-21)9-14(17-11)20-7-4-13(10-20)19-5-2-3-6-19/h8-9,13,21H,2-7,10H2,1H3,(H2,16,18). The maximum Gasteiger partial charge on any atom is 0.170 e. The van der Waals surface area contributed by atoms with Crippen molar-refractivity contribution in [2.45, 2.75) is 32.2 Å². The van der Waals surface area contributed by atoms with Crippen molar-refractivity contribution in [3.8, 4) is 0 Å². The molecule has 3 heterocycles. The average Bonchev–Trinajstić information content (AvgIpc) is 3.16. The molecule has 0 saturated carbocycles. The lowest BCUT2D eigenvalue weighted by molar-refractivity contribution is 0.260. The van der Waals surface area contributed by atoms with Gasteiger partial charge in [0.05, 0.1) is 0 Å². The van der Waals surface area contributed by atoms with E-state index in [0.29, 0.717) is 6.04 Å². The van der Waals surface area contributed by atoms with Crippen LogP contribution in [-0.2, 0) is 0 Å². The Bertz CT molecular complexity index is 539. The molecule has 3 rings (SSSR count). The fourth-order valence-electron chi connectivity index (χ4n) is 3.37. The van der Waals surface area contributed by atoms with Crippen molar-refractivity contribution in [2.24, 2.45) is 10.9 Å². The van der Waals surface area contributed by atoms with Gasteiger partial charge in [0.25, 0.3) is 0 Å². The largest absolute Gasteiger partial charge is 0.409 e. The Kier molecular flexibility index (Phi) is 3.96. The summed E-state index contributed by atoms with van der Waals surface area (Å²) in [6.07, 6.45) is 3.84. The molecule has 3 N–H and O–H groups in total. The fourth-order valence-corrected chi connectivity index (χ4v) is 3.37. The predicted octanol–water partition coefficient (Wildman–Crippen LogP) is 1.16. The summed E-state index contributed by atoms with van der Waals surface area (Å²) in [5, 5.41) is 11.9. The van der Waals surface area contributed by atoms with Gasteiger partial charge in [-0.15, -0.1) is 0 Å². The molecule has 2 aliphatic heterocycles. The Morgan fingerprint density at radius 2 is 2.10 bits per heavy atom. The number of aromatic nitrogens is 1. The molecule has 0 spiro atoms. The number of hydrogen-bond acceptors (Lipinski definition) is 5. The molecule has 114 valence electrons. The predicted molar refractivity (Wildman–Crippen MR) is 82.9 cm³/mol. The molecule has 0 amide bonds. The summed E-state index contributed by atoms with van der Waals surface area (Å²) in [7, 11) is 0. The smallest absolute Gasteiger partial charge is 0.170 e. The first kappa shape index (κ1) is 14.1. The molecule has 21 heavy (non-hydrogen) atoms. The fraction of sp³-hybridized carbons (Fsp3) is 0.600. The molecule has 0 bridgehead atoms. The zero-order valence-corrected chi connectivity index (χ0v) is 12.5. The number of aryl methyl sites for hydroxylation is 1. The maximum atomic E-state index is 8.84. The van der Waals surface area contributed by atoms with Crippen LogP contribution in [0, 0.1) is 6.92 Å². The van der Waals surface area contributed by atoms with E-state index in [0.717, 1.165) is 30.2 Å². The second-order valence-corrected chi connectivity index (χ2v) is 5.97. The summed E-state index contributed by atoms with van der Waals surface area (Å²) in [5.41, 5.74) is 7.32. The first-order chi connectivity index (χ1) is 10.2. The Morgan fingerprint density at radius 1 is 1.33 bits per heavy atom. The minimum absolute atomic E-state index is 0.136. The van der Waals surface area contributed by atoms with Gasteiger partial charge in [-0.2, -0.15) is 0 Å². The molecular weight excluding hydrogens is 266 g/mol. The van der Waals surface area contributed by atoms with Crippen LogP contribution >= 0.6 is 0 Å². The van der Waals surface area contributed by atoms with Crippen LogP contribution in [-0.4, -0.2) is 53.1 Å². The van der Waals surface area contributed by atoms with Gasteiger partial charge in [0.15, 0.2) is 5.84 Å². The Morgan fingerprint density at radius 3 is 2.81 bits per heavy atom. The number of rotatable bonds is 3. The second kappa shape index (κ2) is 5.89. The van der Waals surface area contributed by atoms with E-state index in [1.165, 1.54) is 32.4 Å². The van der Waals surface area contributed by atoms with E-state index in [1.54, 1.807) is 0 Å². The van der Waals surface area contributed by atoms with Gasteiger partial charge in [0.1, 0.15) is 5.82 Å². The molecule has 2 aliphatic rings. The van der Waals surface area contributed by atoms with E-state index >= 15 is 0 Å². The van der Waals surface area contributed by atoms with E-state index in [2.05, 4.69) is 19.9 Å². The van der Waals surface area contributed by atoms with Crippen molar-refractivity contribution in [3.05, 3.63) is 23.4 Å². The number of nitrogens with zero attached hydrogens (tertiary/aromatic N) is 4. The molecule has 6 nitrogen and oxygen atoms in total. The van der Waals surface area contributed by atoms with Crippen LogP contribution in [0.4, 0.5) is 5.82 Å². The molecule has 1 aromatic rings. The van der Waals surface area contributed by atoms with Crippen LogP contribution in [0.5, 0.6) is 0 Å². The first-order valence-corrected chi connectivity index (χ1v) is 7.63. The van der Waals surface area contributed by atoms with E-state index < -0.39 is 0 Å². The van der Waals surface area contributed by atoms with Crippen LogP contribution in [0.3, 0.4) is 0 Å². The van der Waals surface area contributed by atoms with Gasteiger partial charge in [0, 0.05) is 30.4 Å². The summed E-state index contributed by atoms with van der Waals surface area (Å²) in [5.74, 6) is 1.07. The van der Waals surface area contributed by atoms with Crippen LogP contribution < -0.4 is 10.6 Å². The third-order valence-corrected chi connectivity index (χ3v) is 4.49. The number of nitrogens with two attached hydrogens (primary N) is 1. The molecule has 0 aromatic carbocycles. The number of amidine groups is 1. The molecule has 1 unspecified atom stereocenters. The van der Waals surface area contributed by atoms with Crippen LogP contribution in [0.25, 0.3) is 0 Å². The van der Waals surface area contributed by atoms with Crippen molar-refractivity contribution in [2.75, 3.05) is 31.1 Å². The van der Waals surface area contributed by atoms with Crippen LogP contribution in [0.2, 0.25) is 0 Å². The maximum absolute atomic E-state index is 8.84. The molecule has 6 heteroatoms. The van der Waals surface area contributed by atoms with Gasteiger partial charge in [0.2, 0.25) is 0 Å². The number of hydrogen-bond donors (Lipinski definition) is 2. The van der Waals surface area contributed by atoms with Gasteiger partial charge in [-0.3, -0.25) is 4.90 Å². The summed E-state index contributed by atoms with van der Waals surface area (Å²) in [4.78, 5) is 9.52. The van der Waals surface area contributed by atoms with E-state index in [-0.39, 0.29) is 5.84 Å². The molecule has 2 fully saturated rings. The summed E-state index contributed by atoms with van der Waals surface area (Å²) in [6, 6.07) is 4.39. The normalized spacial score (nSPS) is 24.0. The quantitative estimate of drug-likeness (QED) is 0.378. The lowest BCUT2D eigenvalue weighted by Crippen LogP contribution is -2.35. The van der Waals surface area contributed by atoms with E-state index in [4.69, 9.17) is 10.9 Å². The number of pyridine rings is 1. The van der Waals surface area contributed by atoms with Crippen molar-refractivity contribution in [1.29, 1.82) is 0 Å². The van der Waals surface area contributed by atoms with Crippen LogP contribution in [0.15, 0.2) is 17.3 Å². The van der Waals surface area contributed by atoms with E-state index in [1.807, 2.05) is 19.1 Å². The van der Waals surface area contributed by atoms with Crippen molar-refractivity contribution < 1.29 is 5.21 Å². The van der Waals surface area contributed by atoms with E-state index in [9.17, 15) is 0 Å². The van der Waals surface area contributed by atoms with Crippen LogP contribution in [0.1, 0.15) is 30.5 Å². The highest BCUT2D eigenvalue weighted by atomic mass is 16.4. The van der Waals surface area contributed by atoms with Gasteiger partial charge < -0.3 is 15.8 Å². The Balaban J connectivity index is 1.76. The summed E-state index contributed by atoms with van der Waals surface area (Å²) >= 11 is 0. The molecule has 0 aliphatic carbocycles. The van der Waals surface area contributed by atoms with Crippen molar-refractivity contribution >= 4 is 11.7 Å². The highest BCUT2D eigenvalue weighted by molar-refractivity contribution is 5.97. The second-order valence-electron chi connectivity index (χ2n) is 5.97. The third kappa shape index (κ3) is 2.95.